The average molecular weight is 279 g/mol. The van der Waals surface area contributed by atoms with Crippen LogP contribution in [-0.4, -0.2) is 13.0 Å². The van der Waals surface area contributed by atoms with Crippen LogP contribution in [0.25, 0.3) is 0 Å². The second kappa shape index (κ2) is 4.26. The Kier molecular flexibility index (Phi) is 2.97. The van der Waals surface area contributed by atoms with Crippen LogP contribution in [0, 0.1) is 17.2 Å². The number of carbonyl (C=O) groups is 1. The van der Waals surface area contributed by atoms with Crippen molar-refractivity contribution in [1.29, 1.82) is 5.26 Å². The summed E-state index contributed by atoms with van der Waals surface area (Å²) < 4.78 is 0.781. The first kappa shape index (κ1) is 11.2. The molecule has 1 aliphatic carbocycles. The second-order valence-corrected chi connectivity index (χ2v) is 4.80. The fraction of sp³-hybridized carbons (Fsp3) is 0.333. The molecule has 1 saturated carbocycles. The molecule has 0 spiro atoms. The molecule has 1 amide bonds. The molecule has 0 unspecified atom stereocenters. The lowest BCUT2D eigenvalue weighted by molar-refractivity contribution is -0.119. The van der Waals surface area contributed by atoms with Gasteiger partial charge in [0.15, 0.2) is 0 Å². The zero-order chi connectivity index (χ0) is 11.7. The molecule has 3 nitrogen and oxygen atoms in total. The Labute approximate surface area is 103 Å². The van der Waals surface area contributed by atoms with Gasteiger partial charge in [0.25, 0.3) is 0 Å². The third kappa shape index (κ3) is 2.10. The van der Waals surface area contributed by atoms with E-state index in [0.717, 1.165) is 23.0 Å². The first-order valence-electron chi connectivity index (χ1n) is 5.10. The molecule has 0 bridgehead atoms. The van der Waals surface area contributed by atoms with Gasteiger partial charge >= 0.3 is 0 Å². The quantitative estimate of drug-likeness (QED) is 0.835. The van der Waals surface area contributed by atoms with Crippen LogP contribution in [0.1, 0.15) is 18.4 Å². The smallest absolute Gasteiger partial charge is 0.229 e. The van der Waals surface area contributed by atoms with Gasteiger partial charge in [0, 0.05) is 17.4 Å². The summed E-state index contributed by atoms with van der Waals surface area (Å²) >= 11 is 3.38. The Balaban J connectivity index is 2.26. The number of anilines is 1. The maximum atomic E-state index is 11.9. The van der Waals surface area contributed by atoms with E-state index in [2.05, 4.69) is 22.0 Å². The monoisotopic (exact) mass is 278 g/mol. The van der Waals surface area contributed by atoms with Gasteiger partial charge < -0.3 is 4.90 Å². The summed E-state index contributed by atoms with van der Waals surface area (Å²) in [5, 5.41) is 8.75. The van der Waals surface area contributed by atoms with E-state index in [4.69, 9.17) is 5.26 Å². The molecule has 2 rings (SSSR count). The van der Waals surface area contributed by atoms with Crippen LogP contribution < -0.4 is 4.90 Å². The normalized spacial score (nSPS) is 14.3. The number of amides is 1. The van der Waals surface area contributed by atoms with Gasteiger partial charge in [-0.15, -0.1) is 0 Å². The number of hydrogen-bond acceptors (Lipinski definition) is 2. The predicted octanol–water partition coefficient (Wildman–Crippen LogP) is 2.69. The number of nitriles is 1. The van der Waals surface area contributed by atoms with Gasteiger partial charge in [-0.25, -0.2) is 0 Å². The zero-order valence-electron chi connectivity index (χ0n) is 8.90. The zero-order valence-corrected chi connectivity index (χ0v) is 10.5. The topological polar surface area (TPSA) is 44.1 Å². The lowest BCUT2D eigenvalue weighted by Gasteiger charge is -2.18. The standard InChI is InChI=1S/C12H11BrN2O/c1-15(12(16)9-3-4-9)11-5-2-8(7-14)6-10(11)13/h2,5-6,9H,3-4H2,1H3. The van der Waals surface area contributed by atoms with E-state index < -0.39 is 0 Å². The van der Waals surface area contributed by atoms with Crippen LogP contribution in [0.4, 0.5) is 5.69 Å². The highest BCUT2D eigenvalue weighted by Crippen LogP contribution is 2.34. The molecule has 82 valence electrons. The molecule has 0 atom stereocenters. The lowest BCUT2D eigenvalue weighted by atomic mass is 10.2. The van der Waals surface area contributed by atoms with Crippen molar-refractivity contribution < 1.29 is 4.79 Å². The largest absolute Gasteiger partial charge is 0.314 e. The van der Waals surface area contributed by atoms with Crippen molar-refractivity contribution in [2.24, 2.45) is 5.92 Å². The summed E-state index contributed by atoms with van der Waals surface area (Å²) in [7, 11) is 1.77. The van der Waals surface area contributed by atoms with Gasteiger partial charge in [0.2, 0.25) is 5.91 Å². The summed E-state index contributed by atoms with van der Waals surface area (Å²) in [6, 6.07) is 7.31. The summed E-state index contributed by atoms with van der Waals surface area (Å²) in [5.41, 5.74) is 1.40. The van der Waals surface area contributed by atoms with E-state index in [1.54, 1.807) is 30.1 Å². The van der Waals surface area contributed by atoms with E-state index in [1.165, 1.54) is 0 Å². The van der Waals surface area contributed by atoms with Crippen molar-refractivity contribution in [3.05, 3.63) is 28.2 Å². The Morgan fingerprint density at radius 1 is 1.56 bits per heavy atom. The van der Waals surface area contributed by atoms with Gasteiger partial charge in [-0.05, 0) is 47.0 Å². The molecule has 0 aliphatic heterocycles. The number of benzene rings is 1. The van der Waals surface area contributed by atoms with Gasteiger partial charge in [0.1, 0.15) is 0 Å². The third-order valence-corrected chi connectivity index (χ3v) is 3.33. The van der Waals surface area contributed by atoms with Gasteiger partial charge in [-0.2, -0.15) is 5.26 Å². The van der Waals surface area contributed by atoms with Gasteiger partial charge in [0.05, 0.1) is 17.3 Å². The Morgan fingerprint density at radius 2 is 2.25 bits per heavy atom. The number of halogens is 1. The van der Waals surface area contributed by atoms with E-state index >= 15 is 0 Å². The van der Waals surface area contributed by atoms with Crippen LogP contribution in [-0.2, 0) is 4.79 Å². The molecule has 1 aromatic rings. The SMILES string of the molecule is CN(C(=O)C1CC1)c1ccc(C#N)cc1Br. The molecular formula is C12H11BrN2O. The van der Waals surface area contributed by atoms with Crippen LogP contribution in [0.15, 0.2) is 22.7 Å². The molecule has 0 heterocycles. The average Bonchev–Trinajstić information content (AvgIpc) is 3.10. The first-order valence-corrected chi connectivity index (χ1v) is 5.90. The second-order valence-electron chi connectivity index (χ2n) is 3.95. The highest BCUT2D eigenvalue weighted by atomic mass is 79.9. The van der Waals surface area contributed by atoms with Gasteiger partial charge in [-0.3, -0.25) is 4.79 Å². The van der Waals surface area contributed by atoms with Crippen molar-refractivity contribution in [2.45, 2.75) is 12.8 Å². The van der Waals surface area contributed by atoms with E-state index in [1.807, 2.05) is 0 Å². The van der Waals surface area contributed by atoms with E-state index in [9.17, 15) is 4.79 Å². The predicted molar refractivity (Wildman–Crippen MR) is 65.0 cm³/mol. The van der Waals surface area contributed by atoms with E-state index in [0.29, 0.717) is 5.56 Å². The molecule has 0 N–H and O–H groups in total. The highest BCUT2D eigenvalue weighted by molar-refractivity contribution is 9.10. The number of hydrogen-bond donors (Lipinski definition) is 0. The minimum Gasteiger partial charge on any atom is -0.314 e. The molecule has 0 aromatic heterocycles. The number of nitrogens with zero attached hydrogens (tertiary/aromatic N) is 2. The summed E-state index contributed by atoms with van der Waals surface area (Å²) in [6.07, 6.45) is 1.99. The summed E-state index contributed by atoms with van der Waals surface area (Å²) in [5.74, 6) is 0.359. The van der Waals surface area contributed by atoms with Crippen LogP contribution in [0.2, 0.25) is 0 Å². The summed E-state index contributed by atoms with van der Waals surface area (Å²) in [4.78, 5) is 13.5. The van der Waals surface area contributed by atoms with E-state index in [-0.39, 0.29) is 11.8 Å². The maximum Gasteiger partial charge on any atom is 0.229 e. The molecule has 16 heavy (non-hydrogen) atoms. The molecular weight excluding hydrogens is 268 g/mol. The molecule has 4 heteroatoms. The molecule has 0 saturated heterocycles. The molecule has 1 fully saturated rings. The third-order valence-electron chi connectivity index (χ3n) is 2.70. The molecule has 1 aliphatic rings. The minimum atomic E-state index is 0.158. The maximum absolute atomic E-state index is 11.9. The lowest BCUT2D eigenvalue weighted by Crippen LogP contribution is -2.27. The minimum absolute atomic E-state index is 0.158. The first-order chi connectivity index (χ1) is 7.63. The van der Waals surface area contributed by atoms with Crippen molar-refractivity contribution in [2.75, 3.05) is 11.9 Å². The number of rotatable bonds is 2. The Morgan fingerprint density at radius 3 is 2.75 bits per heavy atom. The highest BCUT2D eigenvalue weighted by Gasteiger charge is 2.32. The van der Waals surface area contributed by atoms with Crippen LogP contribution in [0.5, 0.6) is 0 Å². The number of carbonyl (C=O) groups excluding carboxylic acids is 1. The molecule has 1 aromatic carbocycles. The Bertz CT molecular complexity index is 474. The van der Waals surface area contributed by atoms with Crippen molar-refractivity contribution >= 4 is 27.5 Å². The summed E-state index contributed by atoms with van der Waals surface area (Å²) in [6.45, 7) is 0. The fourth-order valence-corrected chi connectivity index (χ4v) is 2.22. The Hall–Kier alpha value is -1.34. The van der Waals surface area contributed by atoms with Gasteiger partial charge in [-0.1, -0.05) is 0 Å². The fourth-order valence-electron chi connectivity index (χ4n) is 1.57. The van der Waals surface area contributed by atoms with Crippen LogP contribution >= 0.6 is 15.9 Å². The molecule has 0 radical (unpaired) electrons. The van der Waals surface area contributed by atoms with Crippen LogP contribution in [0.3, 0.4) is 0 Å². The van der Waals surface area contributed by atoms with Crippen molar-refractivity contribution in [3.63, 3.8) is 0 Å². The van der Waals surface area contributed by atoms with Crippen molar-refractivity contribution in [3.8, 4) is 6.07 Å². The van der Waals surface area contributed by atoms with Crippen molar-refractivity contribution in [1.82, 2.24) is 0 Å².